The molecule has 4 rings (SSSR count). The summed E-state index contributed by atoms with van der Waals surface area (Å²) in [5.74, 6) is 0.408. The Balaban J connectivity index is 0.000000343. The van der Waals surface area contributed by atoms with E-state index in [1.807, 2.05) is 74.8 Å². The van der Waals surface area contributed by atoms with Crippen LogP contribution in [0.3, 0.4) is 0 Å². The maximum atomic E-state index is 12.1. The second kappa shape index (κ2) is 9.87. The standard InChI is InChI=1S/C17H17ClN4O.C6H6/c1-22(2)10-11-3-6-13(7-4-11)19-17-20-15-8-5-12(18)9-14(15)16(23)21-17;1-2-4-6-5-3-1/h3-9H,10H2,1-2H3,(H2,19,20,21,23);1-6H. The van der Waals surface area contributed by atoms with Gasteiger partial charge in [-0.05, 0) is 50.0 Å². The Morgan fingerprint density at radius 1 is 0.966 bits per heavy atom. The number of rotatable bonds is 4. The SMILES string of the molecule is CN(C)Cc1ccc(Nc2nc3ccc(Cl)cc3c(=O)[nH]2)cc1.c1ccccc1. The van der Waals surface area contributed by atoms with Crippen molar-refractivity contribution in [2.45, 2.75) is 6.54 Å². The molecular weight excluding hydrogens is 384 g/mol. The topological polar surface area (TPSA) is 61.0 Å². The lowest BCUT2D eigenvalue weighted by Crippen LogP contribution is -2.11. The van der Waals surface area contributed by atoms with Gasteiger partial charge in [0.25, 0.3) is 5.56 Å². The molecule has 1 aromatic heterocycles. The molecule has 6 heteroatoms. The van der Waals surface area contributed by atoms with E-state index in [4.69, 9.17) is 11.6 Å². The molecule has 1 heterocycles. The molecule has 29 heavy (non-hydrogen) atoms. The van der Waals surface area contributed by atoms with E-state index in [2.05, 4.69) is 20.2 Å². The predicted octanol–water partition coefficient (Wildman–Crippen LogP) is 5.07. The maximum Gasteiger partial charge on any atom is 0.260 e. The minimum Gasteiger partial charge on any atom is -0.326 e. The van der Waals surface area contributed by atoms with Crippen LogP contribution in [-0.2, 0) is 6.54 Å². The number of benzene rings is 3. The molecule has 0 radical (unpaired) electrons. The highest BCUT2D eigenvalue weighted by Crippen LogP contribution is 2.18. The Morgan fingerprint density at radius 3 is 2.17 bits per heavy atom. The molecule has 3 aromatic carbocycles. The molecule has 0 amide bonds. The van der Waals surface area contributed by atoms with Crippen molar-refractivity contribution in [1.29, 1.82) is 0 Å². The molecule has 4 aromatic rings. The van der Waals surface area contributed by atoms with Crippen LogP contribution in [0.2, 0.25) is 5.02 Å². The highest BCUT2D eigenvalue weighted by Gasteiger charge is 2.05. The van der Waals surface area contributed by atoms with Gasteiger partial charge in [-0.15, -0.1) is 0 Å². The molecule has 5 nitrogen and oxygen atoms in total. The number of hydrogen-bond acceptors (Lipinski definition) is 4. The van der Waals surface area contributed by atoms with Gasteiger partial charge >= 0.3 is 0 Å². The Bertz CT molecular complexity index is 1080. The van der Waals surface area contributed by atoms with E-state index in [0.29, 0.717) is 21.9 Å². The number of fused-ring (bicyclic) bond motifs is 1. The average Bonchev–Trinajstić information content (AvgIpc) is 2.72. The van der Waals surface area contributed by atoms with Gasteiger partial charge in [-0.25, -0.2) is 4.98 Å². The fourth-order valence-corrected chi connectivity index (χ4v) is 2.92. The Kier molecular flexibility index (Phi) is 7.00. The first-order valence-corrected chi connectivity index (χ1v) is 9.59. The van der Waals surface area contributed by atoms with Crippen LogP contribution in [0, 0.1) is 0 Å². The smallest absolute Gasteiger partial charge is 0.260 e. The lowest BCUT2D eigenvalue weighted by Gasteiger charge is -2.11. The number of nitrogens with zero attached hydrogens (tertiary/aromatic N) is 2. The van der Waals surface area contributed by atoms with E-state index in [1.54, 1.807) is 18.2 Å². The van der Waals surface area contributed by atoms with Crippen LogP contribution in [-0.4, -0.2) is 29.0 Å². The summed E-state index contributed by atoms with van der Waals surface area (Å²) in [5.41, 5.74) is 2.47. The summed E-state index contributed by atoms with van der Waals surface area (Å²) in [7, 11) is 4.06. The van der Waals surface area contributed by atoms with Crippen molar-refractivity contribution in [3.05, 3.63) is 99.8 Å². The van der Waals surface area contributed by atoms with Gasteiger partial charge in [0.2, 0.25) is 5.95 Å². The molecule has 0 unspecified atom stereocenters. The first-order chi connectivity index (χ1) is 14.0. The lowest BCUT2D eigenvalue weighted by molar-refractivity contribution is 0.402. The molecule has 148 valence electrons. The quantitative estimate of drug-likeness (QED) is 0.496. The minimum absolute atomic E-state index is 0.218. The molecule has 0 aliphatic rings. The van der Waals surface area contributed by atoms with Gasteiger partial charge in [0.15, 0.2) is 0 Å². The first-order valence-electron chi connectivity index (χ1n) is 9.21. The third-order valence-electron chi connectivity index (χ3n) is 4.05. The zero-order valence-electron chi connectivity index (χ0n) is 16.4. The third-order valence-corrected chi connectivity index (χ3v) is 4.28. The summed E-state index contributed by atoms with van der Waals surface area (Å²) < 4.78 is 0. The zero-order valence-corrected chi connectivity index (χ0v) is 17.1. The first kappa shape index (κ1) is 20.6. The molecular formula is C23H23ClN4O. The van der Waals surface area contributed by atoms with E-state index < -0.39 is 0 Å². The second-order valence-electron chi connectivity index (χ2n) is 6.79. The number of halogens is 1. The monoisotopic (exact) mass is 406 g/mol. The van der Waals surface area contributed by atoms with E-state index in [1.165, 1.54) is 5.56 Å². The van der Waals surface area contributed by atoms with Gasteiger partial charge in [0, 0.05) is 17.3 Å². The summed E-state index contributed by atoms with van der Waals surface area (Å²) in [6, 6.07) is 25.1. The number of aromatic nitrogens is 2. The summed E-state index contributed by atoms with van der Waals surface area (Å²) >= 11 is 5.91. The summed E-state index contributed by atoms with van der Waals surface area (Å²) in [6.07, 6.45) is 0. The van der Waals surface area contributed by atoms with Crippen LogP contribution < -0.4 is 10.9 Å². The van der Waals surface area contributed by atoms with E-state index in [0.717, 1.165) is 12.2 Å². The van der Waals surface area contributed by atoms with Crippen molar-refractivity contribution < 1.29 is 0 Å². The van der Waals surface area contributed by atoms with Crippen molar-refractivity contribution >= 4 is 34.1 Å². The summed E-state index contributed by atoms with van der Waals surface area (Å²) in [6.45, 7) is 0.881. The van der Waals surface area contributed by atoms with E-state index in [9.17, 15) is 4.79 Å². The molecule has 2 N–H and O–H groups in total. The van der Waals surface area contributed by atoms with Gasteiger partial charge in [0.05, 0.1) is 10.9 Å². The molecule has 0 aliphatic heterocycles. The van der Waals surface area contributed by atoms with Crippen LogP contribution in [0.15, 0.2) is 83.7 Å². The lowest BCUT2D eigenvalue weighted by atomic mass is 10.2. The Morgan fingerprint density at radius 2 is 1.59 bits per heavy atom. The van der Waals surface area contributed by atoms with Gasteiger partial charge in [-0.3, -0.25) is 9.78 Å². The van der Waals surface area contributed by atoms with Crippen LogP contribution in [0.5, 0.6) is 0 Å². The van der Waals surface area contributed by atoms with Crippen LogP contribution >= 0.6 is 11.6 Å². The van der Waals surface area contributed by atoms with Crippen LogP contribution in [0.1, 0.15) is 5.56 Å². The van der Waals surface area contributed by atoms with Crippen LogP contribution in [0.25, 0.3) is 10.9 Å². The van der Waals surface area contributed by atoms with Gasteiger partial charge < -0.3 is 10.2 Å². The van der Waals surface area contributed by atoms with Gasteiger partial charge in [0.1, 0.15) is 0 Å². The normalized spacial score (nSPS) is 10.5. The van der Waals surface area contributed by atoms with Crippen molar-refractivity contribution in [3.63, 3.8) is 0 Å². The molecule has 0 saturated heterocycles. The van der Waals surface area contributed by atoms with E-state index >= 15 is 0 Å². The number of aromatic amines is 1. The fourth-order valence-electron chi connectivity index (χ4n) is 2.75. The zero-order chi connectivity index (χ0) is 20.6. The average molecular weight is 407 g/mol. The number of anilines is 2. The highest BCUT2D eigenvalue weighted by molar-refractivity contribution is 6.31. The number of H-pyrrole nitrogens is 1. The molecule has 0 atom stereocenters. The number of hydrogen-bond donors (Lipinski definition) is 2. The molecule has 0 saturated carbocycles. The predicted molar refractivity (Wildman–Crippen MR) is 121 cm³/mol. The third kappa shape index (κ3) is 6.17. The van der Waals surface area contributed by atoms with Crippen molar-refractivity contribution in [2.75, 3.05) is 19.4 Å². The highest BCUT2D eigenvalue weighted by atomic mass is 35.5. The minimum atomic E-state index is -0.218. The Labute approximate surface area is 175 Å². The number of nitrogens with one attached hydrogen (secondary N) is 2. The Hall–Kier alpha value is -3.15. The van der Waals surface area contributed by atoms with Crippen molar-refractivity contribution in [2.24, 2.45) is 0 Å². The maximum absolute atomic E-state index is 12.1. The molecule has 0 fully saturated rings. The molecule has 0 aliphatic carbocycles. The van der Waals surface area contributed by atoms with Crippen molar-refractivity contribution in [3.8, 4) is 0 Å². The molecule has 0 spiro atoms. The summed E-state index contributed by atoms with van der Waals surface area (Å²) in [4.78, 5) is 21.4. The van der Waals surface area contributed by atoms with Gasteiger partial charge in [-0.2, -0.15) is 0 Å². The van der Waals surface area contributed by atoms with Crippen LogP contribution in [0.4, 0.5) is 11.6 Å². The second-order valence-corrected chi connectivity index (χ2v) is 7.23. The molecule has 0 bridgehead atoms. The summed E-state index contributed by atoms with van der Waals surface area (Å²) in [5, 5.41) is 4.11. The fraction of sp³-hybridized carbons (Fsp3) is 0.130. The van der Waals surface area contributed by atoms with Gasteiger partial charge in [-0.1, -0.05) is 60.1 Å². The van der Waals surface area contributed by atoms with E-state index in [-0.39, 0.29) is 5.56 Å². The largest absolute Gasteiger partial charge is 0.326 e. The van der Waals surface area contributed by atoms with Crippen molar-refractivity contribution in [1.82, 2.24) is 14.9 Å².